The lowest BCUT2D eigenvalue weighted by Gasteiger charge is -2.17. The molecule has 0 fully saturated rings. The van der Waals surface area contributed by atoms with Crippen molar-refractivity contribution in [2.75, 3.05) is 26.4 Å². The van der Waals surface area contributed by atoms with Gasteiger partial charge >= 0.3 is 0 Å². The predicted molar refractivity (Wildman–Crippen MR) is 76.7 cm³/mol. The van der Waals surface area contributed by atoms with Crippen LogP contribution in [0.2, 0.25) is 0 Å². The molecule has 0 aliphatic rings. The molecule has 6 heteroatoms. The zero-order valence-electron chi connectivity index (χ0n) is 11.8. The van der Waals surface area contributed by atoms with Crippen LogP contribution in [0.3, 0.4) is 0 Å². The van der Waals surface area contributed by atoms with Crippen molar-refractivity contribution in [1.82, 2.24) is 9.62 Å². The van der Waals surface area contributed by atoms with E-state index in [1.807, 2.05) is 26.0 Å². The van der Waals surface area contributed by atoms with Crippen LogP contribution in [0.15, 0.2) is 18.2 Å². The number of aryl methyl sites for hydroxylation is 1. The summed E-state index contributed by atoms with van der Waals surface area (Å²) in [6, 6.07) is 5.37. The molecule has 1 aromatic rings. The molecule has 1 aromatic carbocycles. The molecule has 0 saturated heterocycles. The lowest BCUT2D eigenvalue weighted by molar-refractivity contribution is 0.453. The van der Waals surface area contributed by atoms with E-state index in [0.717, 1.165) is 11.1 Å². The summed E-state index contributed by atoms with van der Waals surface area (Å²) in [5.74, 6) is 0.271. The number of hydrogen-bond donors (Lipinski definition) is 2. The number of nitrogens with zero attached hydrogens (tertiary/aromatic N) is 1. The van der Waals surface area contributed by atoms with E-state index < -0.39 is 10.0 Å². The number of aromatic hydroxyl groups is 1. The van der Waals surface area contributed by atoms with Gasteiger partial charge in [-0.05, 0) is 25.5 Å². The Kier molecular flexibility index (Phi) is 5.34. The summed E-state index contributed by atoms with van der Waals surface area (Å²) in [6.45, 7) is 4.15. The van der Waals surface area contributed by atoms with Gasteiger partial charge in [-0.3, -0.25) is 0 Å². The van der Waals surface area contributed by atoms with Crippen molar-refractivity contribution in [2.24, 2.45) is 0 Å². The van der Waals surface area contributed by atoms with Crippen LogP contribution in [0.4, 0.5) is 0 Å². The Labute approximate surface area is 115 Å². The number of hydrogen-bond acceptors (Lipinski definition) is 4. The predicted octanol–water partition coefficient (Wildman–Crippen LogP) is 1.24. The summed E-state index contributed by atoms with van der Waals surface area (Å²) in [5, 5.41) is 12.9. The third-order valence-electron chi connectivity index (χ3n) is 3.02. The molecule has 0 heterocycles. The van der Waals surface area contributed by atoms with E-state index in [4.69, 9.17) is 0 Å². The zero-order valence-corrected chi connectivity index (χ0v) is 12.7. The van der Waals surface area contributed by atoms with Gasteiger partial charge in [-0.1, -0.05) is 12.1 Å². The van der Waals surface area contributed by atoms with Gasteiger partial charge in [0, 0.05) is 32.2 Å². The number of nitrogens with one attached hydrogen (secondary N) is 1. The van der Waals surface area contributed by atoms with Gasteiger partial charge in [0.1, 0.15) is 5.75 Å². The summed E-state index contributed by atoms with van der Waals surface area (Å²) < 4.78 is 24.4. The van der Waals surface area contributed by atoms with Crippen LogP contribution in [0.5, 0.6) is 5.75 Å². The molecule has 0 aromatic heterocycles. The Morgan fingerprint density at radius 1 is 1.37 bits per heavy atom. The average molecular weight is 286 g/mol. The van der Waals surface area contributed by atoms with Crippen LogP contribution in [-0.2, 0) is 10.0 Å². The maximum Gasteiger partial charge on any atom is 0.214 e. The first kappa shape index (κ1) is 15.9. The van der Waals surface area contributed by atoms with E-state index in [1.165, 1.54) is 18.4 Å². The first-order valence-electron chi connectivity index (χ1n) is 6.17. The summed E-state index contributed by atoms with van der Waals surface area (Å²) in [4.78, 5) is 0. The second kappa shape index (κ2) is 6.36. The molecular formula is C13H22N2O3S. The molecule has 0 spiro atoms. The van der Waals surface area contributed by atoms with Gasteiger partial charge in [-0.25, -0.2) is 12.7 Å². The number of phenols is 1. The standard InChI is InChI=1S/C13H22N2O3S/c1-10-5-6-12(13(16)9-10)11(2)14-7-8-19(17,18)15(3)4/h5-6,9,11,14,16H,7-8H2,1-4H3. The van der Waals surface area contributed by atoms with Gasteiger partial charge in [-0.15, -0.1) is 0 Å². The summed E-state index contributed by atoms with van der Waals surface area (Å²) in [7, 11) is -0.148. The number of sulfonamides is 1. The quantitative estimate of drug-likeness (QED) is 0.825. The van der Waals surface area contributed by atoms with E-state index in [1.54, 1.807) is 6.07 Å². The molecule has 0 radical (unpaired) electrons. The number of benzene rings is 1. The Hall–Kier alpha value is -1.11. The van der Waals surface area contributed by atoms with Crippen LogP contribution in [0.25, 0.3) is 0 Å². The maximum absolute atomic E-state index is 11.6. The Bertz CT molecular complexity index is 527. The molecule has 1 unspecified atom stereocenters. The SMILES string of the molecule is Cc1ccc(C(C)NCCS(=O)(=O)N(C)C)c(O)c1. The summed E-state index contributed by atoms with van der Waals surface area (Å²) in [6.07, 6.45) is 0. The van der Waals surface area contributed by atoms with Crippen molar-refractivity contribution in [3.8, 4) is 5.75 Å². The van der Waals surface area contributed by atoms with E-state index in [-0.39, 0.29) is 17.5 Å². The van der Waals surface area contributed by atoms with E-state index in [9.17, 15) is 13.5 Å². The highest BCUT2D eigenvalue weighted by Crippen LogP contribution is 2.24. The first-order valence-corrected chi connectivity index (χ1v) is 7.78. The van der Waals surface area contributed by atoms with E-state index in [2.05, 4.69) is 5.32 Å². The minimum Gasteiger partial charge on any atom is -0.508 e. The topological polar surface area (TPSA) is 69.6 Å². The minimum absolute atomic E-state index is 0.0387. The van der Waals surface area contributed by atoms with Crippen molar-refractivity contribution in [2.45, 2.75) is 19.9 Å². The van der Waals surface area contributed by atoms with Gasteiger partial charge in [0.15, 0.2) is 0 Å². The molecule has 19 heavy (non-hydrogen) atoms. The molecule has 0 saturated carbocycles. The van der Waals surface area contributed by atoms with Crippen LogP contribution in [0, 0.1) is 6.92 Å². The zero-order chi connectivity index (χ0) is 14.6. The fourth-order valence-electron chi connectivity index (χ4n) is 1.72. The van der Waals surface area contributed by atoms with Gasteiger partial charge in [0.2, 0.25) is 10.0 Å². The first-order chi connectivity index (χ1) is 8.74. The van der Waals surface area contributed by atoms with Crippen LogP contribution >= 0.6 is 0 Å². The molecular weight excluding hydrogens is 264 g/mol. The van der Waals surface area contributed by atoms with Crippen molar-refractivity contribution in [3.63, 3.8) is 0 Å². The van der Waals surface area contributed by atoms with Crippen molar-refractivity contribution in [3.05, 3.63) is 29.3 Å². The maximum atomic E-state index is 11.6. The molecule has 5 nitrogen and oxygen atoms in total. The van der Waals surface area contributed by atoms with Crippen molar-refractivity contribution in [1.29, 1.82) is 0 Å². The lowest BCUT2D eigenvalue weighted by atomic mass is 10.1. The smallest absolute Gasteiger partial charge is 0.214 e. The van der Waals surface area contributed by atoms with Crippen molar-refractivity contribution < 1.29 is 13.5 Å². The van der Waals surface area contributed by atoms with Gasteiger partial charge in [-0.2, -0.15) is 0 Å². The number of phenolic OH excluding ortho intramolecular Hbond substituents is 1. The molecule has 1 atom stereocenters. The van der Waals surface area contributed by atoms with Crippen LogP contribution in [-0.4, -0.2) is 44.2 Å². The Morgan fingerprint density at radius 2 is 2.00 bits per heavy atom. The van der Waals surface area contributed by atoms with Crippen molar-refractivity contribution >= 4 is 10.0 Å². The molecule has 2 N–H and O–H groups in total. The fraction of sp³-hybridized carbons (Fsp3) is 0.538. The Morgan fingerprint density at radius 3 is 2.53 bits per heavy atom. The highest BCUT2D eigenvalue weighted by atomic mass is 32.2. The second-order valence-electron chi connectivity index (χ2n) is 4.84. The number of rotatable bonds is 6. The molecule has 0 bridgehead atoms. The van der Waals surface area contributed by atoms with Gasteiger partial charge in [0.05, 0.1) is 5.75 Å². The van der Waals surface area contributed by atoms with E-state index >= 15 is 0 Å². The minimum atomic E-state index is -3.18. The fourth-order valence-corrected chi connectivity index (χ4v) is 2.46. The van der Waals surface area contributed by atoms with E-state index in [0.29, 0.717) is 6.54 Å². The Balaban J connectivity index is 2.59. The third-order valence-corrected chi connectivity index (χ3v) is 4.85. The molecule has 0 aliphatic heterocycles. The second-order valence-corrected chi connectivity index (χ2v) is 7.14. The monoisotopic (exact) mass is 286 g/mol. The average Bonchev–Trinajstić information content (AvgIpc) is 2.28. The lowest BCUT2D eigenvalue weighted by Crippen LogP contribution is -2.32. The largest absolute Gasteiger partial charge is 0.508 e. The summed E-state index contributed by atoms with van der Waals surface area (Å²) in [5.41, 5.74) is 1.76. The molecule has 0 amide bonds. The highest BCUT2D eigenvalue weighted by molar-refractivity contribution is 7.89. The van der Waals surface area contributed by atoms with Gasteiger partial charge < -0.3 is 10.4 Å². The summed E-state index contributed by atoms with van der Waals surface area (Å²) >= 11 is 0. The van der Waals surface area contributed by atoms with Crippen LogP contribution < -0.4 is 5.32 Å². The molecule has 0 aliphatic carbocycles. The third kappa shape index (κ3) is 4.49. The normalized spacial score (nSPS) is 13.7. The van der Waals surface area contributed by atoms with Gasteiger partial charge in [0.25, 0.3) is 0 Å². The molecule has 1 rings (SSSR count). The van der Waals surface area contributed by atoms with Crippen LogP contribution in [0.1, 0.15) is 24.1 Å². The molecule has 108 valence electrons. The highest BCUT2D eigenvalue weighted by Gasteiger charge is 2.15.